The monoisotopic (exact) mass is 444 g/mol. The molecule has 0 radical (unpaired) electrons. The van der Waals surface area contributed by atoms with Gasteiger partial charge in [-0.1, -0.05) is 46.6 Å². The van der Waals surface area contributed by atoms with Crippen LogP contribution >= 0.6 is 23.2 Å². The summed E-state index contributed by atoms with van der Waals surface area (Å²) in [5, 5.41) is 5.64. The molecule has 0 amide bonds. The number of fused-ring (bicyclic) bond motifs is 1. The fourth-order valence-electron chi connectivity index (χ4n) is 4.48. The number of piperidine rings is 1. The Morgan fingerprint density at radius 2 is 1.93 bits per heavy atom. The molecule has 2 aliphatic rings. The molecule has 156 valence electrons. The van der Waals surface area contributed by atoms with Crippen LogP contribution in [0.2, 0.25) is 10.0 Å². The molecule has 0 aliphatic carbocycles. The van der Waals surface area contributed by atoms with Crippen LogP contribution in [0.3, 0.4) is 0 Å². The van der Waals surface area contributed by atoms with E-state index in [1.54, 1.807) is 6.07 Å². The third-order valence-electron chi connectivity index (χ3n) is 5.99. The summed E-state index contributed by atoms with van der Waals surface area (Å²) in [7, 11) is 0. The first-order chi connectivity index (χ1) is 14.6. The van der Waals surface area contributed by atoms with E-state index in [1.165, 1.54) is 0 Å². The lowest BCUT2D eigenvalue weighted by molar-refractivity contribution is 0.0857. The topological polar surface area (TPSA) is 62.6 Å². The highest BCUT2D eigenvalue weighted by Crippen LogP contribution is 2.33. The highest BCUT2D eigenvalue weighted by Gasteiger charge is 2.28. The first-order valence-electron chi connectivity index (χ1n) is 10.2. The number of H-pyrrole nitrogens is 1. The predicted molar refractivity (Wildman–Crippen MR) is 120 cm³/mol. The maximum absolute atomic E-state index is 12.5. The van der Waals surface area contributed by atoms with Crippen LogP contribution in [0, 0.1) is 0 Å². The van der Waals surface area contributed by atoms with Crippen molar-refractivity contribution in [1.82, 2.24) is 14.5 Å². The van der Waals surface area contributed by atoms with Gasteiger partial charge in [0.05, 0.1) is 16.7 Å². The van der Waals surface area contributed by atoms with Gasteiger partial charge in [-0.05, 0) is 37.1 Å². The van der Waals surface area contributed by atoms with Crippen LogP contribution in [-0.4, -0.2) is 39.8 Å². The molecule has 0 spiro atoms. The first kappa shape index (κ1) is 19.7. The Balaban J connectivity index is 1.21. The summed E-state index contributed by atoms with van der Waals surface area (Å²) in [5.41, 5.74) is 3.66. The van der Waals surface area contributed by atoms with Gasteiger partial charge in [0.25, 0.3) is 0 Å². The van der Waals surface area contributed by atoms with Crippen molar-refractivity contribution in [2.45, 2.75) is 31.4 Å². The van der Waals surface area contributed by atoms with E-state index in [0.717, 1.165) is 61.2 Å². The van der Waals surface area contributed by atoms with Crippen molar-refractivity contribution in [3.8, 4) is 0 Å². The number of hydrogen-bond acceptors (Lipinski definition) is 4. The zero-order chi connectivity index (χ0) is 20.7. The quantitative estimate of drug-likeness (QED) is 0.628. The van der Waals surface area contributed by atoms with E-state index < -0.39 is 0 Å². The summed E-state index contributed by atoms with van der Waals surface area (Å²) in [5.74, 6) is 0. The minimum absolute atomic E-state index is 0.0677. The maximum Gasteiger partial charge on any atom is 0.326 e. The SMILES string of the molecule is O=c1[nH]c2cc(Cl)ccc2n1C1CCN(CC2=NOC(c3ccccc3Cl)C2)CC1. The lowest BCUT2D eigenvalue weighted by Gasteiger charge is -2.32. The number of rotatable bonds is 4. The Labute approximate surface area is 184 Å². The van der Waals surface area contributed by atoms with Crippen LogP contribution < -0.4 is 5.69 Å². The molecule has 30 heavy (non-hydrogen) atoms. The van der Waals surface area contributed by atoms with E-state index in [4.69, 9.17) is 28.0 Å². The highest BCUT2D eigenvalue weighted by molar-refractivity contribution is 6.31. The van der Waals surface area contributed by atoms with Crippen molar-refractivity contribution >= 4 is 39.9 Å². The third kappa shape index (κ3) is 3.75. The van der Waals surface area contributed by atoms with Crippen molar-refractivity contribution in [2.75, 3.05) is 19.6 Å². The van der Waals surface area contributed by atoms with Gasteiger partial charge in [-0.25, -0.2) is 4.79 Å². The normalized spacial score (nSPS) is 20.5. The van der Waals surface area contributed by atoms with Crippen LogP contribution in [-0.2, 0) is 4.84 Å². The predicted octanol–water partition coefficient (Wildman–Crippen LogP) is 4.79. The summed E-state index contributed by atoms with van der Waals surface area (Å²) in [6, 6.07) is 13.5. The average molecular weight is 445 g/mol. The second kappa shape index (κ2) is 8.10. The second-order valence-corrected chi connectivity index (χ2v) is 8.79. The van der Waals surface area contributed by atoms with Crippen molar-refractivity contribution in [1.29, 1.82) is 0 Å². The number of halogens is 2. The van der Waals surface area contributed by atoms with Crippen molar-refractivity contribution in [3.63, 3.8) is 0 Å². The molecule has 6 nitrogen and oxygen atoms in total. The zero-order valence-corrected chi connectivity index (χ0v) is 17.9. The molecule has 1 fully saturated rings. The number of benzene rings is 2. The van der Waals surface area contributed by atoms with E-state index in [1.807, 2.05) is 41.0 Å². The molecule has 0 saturated carbocycles. The van der Waals surface area contributed by atoms with Crippen LogP contribution in [0.15, 0.2) is 52.4 Å². The van der Waals surface area contributed by atoms with Crippen molar-refractivity contribution in [2.24, 2.45) is 5.16 Å². The Bertz CT molecular complexity index is 1160. The van der Waals surface area contributed by atoms with Gasteiger partial charge in [0.1, 0.15) is 0 Å². The van der Waals surface area contributed by atoms with Gasteiger partial charge in [0.2, 0.25) is 0 Å². The fraction of sp³-hybridized carbons (Fsp3) is 0.364. The first-order valence-corrected chi connectivity index (χ1v) is 10.9. The zero-order valence-electron chi connectivity index (χ0n) is 16.4. The highest BCUT2D eigenvalue weighted by atomic mass is 35.5. The Morgan fingerprint density at radius 1 is 1.13 bits per heavy atom. The molecule has 5 rings (SSSR count). The van der Waals surface area contributed by atoms with Gasteiger partial charge in [-0.3, -0.25) is 9.47 Å². The summed E-state index contributed by atoms with van der Waals surface area (Å²) < 4.78 is 1.88. The van der Waals surface area contributed by atoms with Crippen molar-refractivity contribution < 1.29 is 4.84 Å². The molecule has 3 heterocycles. The van der Waals surface area contributed by atoms with Gasteiger partial charge in [0.15, 0.2) is 6.10 Å². The second-order valence-electron chi connectivity index (χ2n) is 7.95. The molecule has 8 heteroatoms. The largest absolute Gasteiger partial charge is 0.387 e. The molecule has 0 bridgehead atoms. The summed E-state index contributed by atoms with van der Waals surface area (Å²) in [6.45, 7) is 2.60. The smallest absolute Gasteiger partial charge is 0.326 e. The molecule has 2 aromatic carbocycles. The fourth-order valence-corrected chi connectivity index (χ4v) is 4.91. The summed E-state index contributed by atoms with van der Waals surface area (Å²) in [6.07, 6.45) is 2.48. The Morgan fingerprint density at radius 3 is 2.73 bits per heavy atom. The van der Waals surface area contributed by atoms with Crippen LogP contribution in [0.1, 0.15) is 37.0 Å². The van der Waals surface area contributed by atoms with Crippen LogP contribution in [0.4, 0.5) is 0 Å². The number of hydrogen-bond donors (Lipinski definition) is 1. The van der Waals surface area contributed by atoms with Gasteiger partial charge in [0, 0.05) is 47.7 Å². The minimum Gasteiger partial charge on any atom is -0.387 e. The summed E-state index contributed by atoms with van der Waals surface area (Å²) >= 11 is 12.3. The number of likely N-dealkylation sites (tertiary alicyclic amines) is 1. The summed E-state index contributed by atoms with van der Waals surface area (Å²) in [4.78, 5) is 23.5. The van der Waals surface area contributed by atoms with Gasteiger partial charge in [-0.2, -0.15) is 0 Å². The Kier molecular flexibility index (Phi) is 5.31. The number of nitrogens with one attached hydrogen (secondary N) is 1. The molecule has 1 saturated heterocycles. The van der Waals surface area contributed by atoms with Gasteiger partial charge >= 0.3 is 5.69 Å². The number of nitrogens with zero attached hydrogens (tertiary/aromatic N) is 3. The standard InChI is InChI=1S/C22H22Cl2N4O2/c23-14-5-6-20-19(11-14)25-22(29)28(20)16-7-9-27(10-8-16)13-15-12-21(30-26-15)17-3-1-2-4-18(17)24/h1-6,11,16,21H,7-10,12-13H2,(H,25,29). The molecule has 1 atom stereocenters. The van der Waals surface area contributed by atoms with E-state index in [-0.39, 0.29) is 17.8 Å². The van der Waals surface area contributed by atoms with E-state index >= 15 is 0 Å². The minimum atomic E-state index is -0.108. The lowest BCUT2D eigenvalue weighted by Crippen LogP contribution is -2.39. The molecule has 1 aromatic heterocycles. The molecule has 3 aromatic rings. The van der Waals surface area contributed by atoms with E-state index in [9.17, 15) is 4.79 Å². The van der Waals surface area contributed by atoms with E-state index in [2.05, 4.69) is 15.0 Å². The average Bonchev–Trinajstić information content (AvgIpc) is 3.32. The molecule has 1 unspecified atom stereocenters. The lowest BCUT2D eigenvalue weighted by atomic mass is 10.0. The number of oxime groups is 1. The van der Waals surface area contributed by atoms with Crippen LogP contribution in [0.25, 0.3) is 11.0 Å². The number of aromatic amines is 1. The molecule has 2 aliphatic heterocycles. The maximum atomic E-state index is 12.5. The number of aromatic nitrogens is 2. The molecule has 1 N–H and O–H groups in total. The molecular formula is C22H22Cl2N4O2. The van der Waals surface area contributed by atoms with Gasteiger partial charge < -0.3 is 9.82 Å². The van der Waals surface area contributed by atoms with Crippen LogP contribution in [0.5, 0.6) is 0 Å². The number of imidazole rings is 1. The Hall–Kier alpha value is -2.28. The molecular weight excluding hydrogens is 423 g/mol. The van der Waals surface area contributed by atoms with Gasteiger partial charge in [-0.15, -0.1) is 0 Å². The van der Waals surface area contributed by atoms with E-state index in [0.29, 0.717) is 10.0 Å². The van der Waals surface area contributed by atoms with Crippen molar-refractivity contribution in [3.05, 3.63) is 68.6 Å². The third-order valence-corrected chi connectivity index (χ3v) is 6.57.